The Morgan fingerprint density at radius 2 is 1.94 bits per heavy atom. The summed E-state index contributed by atoms with van der Waals surface area (Å²) in [5.41, 5.74) is 1.01. The smallest absolute Gasteiger partial charge is 0.378 e. The fourth-order valence-electron chi connectivity index (χ4n) is 4.54. The van der Waals surface area contributed by atoms with Crippen molar-refractivity contribution in [3.05, 3.63) is 41.6 Å². The average Bonchev–Trinajstić information content (AvgIpc) is 3.17. The highest BCUT2D eigenvalue weighted by molar-refractivity contribution is 5.93. The molecule has 5 nitrogen and oxygen atoms in total. The first-order valence-electron chi connectivity index (χ1n) is 11.9. The first kappa shape index (κ1) is 23.8. The van der Waals surface area contributed by atoms with Gasteiger partial charge in [-0.2, -0.15) is 13.2 Å². The van der Waals surface area contributed by atoms with Gasteiger partial charge in [0.1, 0.15) is 11.5 Å². The van der Waals surface area contributed by atoms with Gasteiger partial charge in [0.15, 0.2) is 0 Å². The van der Waals surface area contributed by atoms with Crippen molar-refractivity contribution in [1.29, 1.82) is 0 Å². The van der Waals surface area contributed by atoms with Gasteiger partial charge in [-0.05, 0) is 37.0 Å². The van der Waals surface area contributed by atoms with Crippen molar-refractivity contribution in [2.24, 2.45) is 0 Å². The number of nitrogens with one attached hydrogen (secondary N) is 1. The molecule has 0 aromatic carbocycles. The van der Waals surface area contributed by atoms with Crippen LogP contribution in [-0.2, 0) is 4.74 Å². The van der Waals surface area contributed by atoms with Gasteiger partial charge in [-0.15, -0.1) is 0 Å². The lowest BCUT2D eigenvalue weighted by atomic mass is 9.94. The molecule has 0 bridgehead atoms. The number of H-pyrrole nitrogens is 1. The number of halogens is 3. The Morgan fingerprint density at radius 1 is 1.18 bits per heavy atom. The number of piperazine rings is 1. The second kappa shape index (κ2) is 10.3. The Kier molecular flexibility index (Phi) is 7.44. The van der Waals surface area contributed by atoms with Crippen molar-refractivity contribution < 1.29 is 17.9 Å². The van der Waals surface area contributed by atoms with Crippen LogP contribution in [0.2, 0.25) is 0 Å². The number of alkyl halides is 3. The number of unbranched alkanes of at least 4 members (excludes halogenated alkanes) is 1. The summed E-state index contributed by atoms with van der Waals surface area (Å²) in [4.78, 5) is 12.6. The van der Waals surface area contributed by atoms with Crippen molar-refractivity contribution in [3.63, 3.8) is 0 Å². The standard InChI is InChI=1S/C25H33F3N4O/c1-3-5-7-19(22(8-6-4-2)25(26,27)28)21-15-29-24-20(21)9-10-23(30-24)32-13-11-31(12-14-32)18-16-33-17-18/h6,8-10,15,18H,3-5,7,11-14,16-17H2,1-2H3,(H,29,30)/b8-6+,22-19-. The predicted molar refractivity (Wildman–Crippen MR) is 126 cm³/mol. The predicted octanol–water partition coefficient (Wildman–Crippen LogP) is 5.56. The lowest BCUT2D eigenvalue weighted by Gasteiger charge is -2.42. The molecule has 0 atom stereocenters. The molecule has 2 aliphatic heterocycles. The number of aromatic amines is 1. The molecule has 0 saturated carbocycles. The van der Waals surface area contributed by atoms with Gasteiger partial charge in [0, 0.05) is 43.3 Å². The quantitative estimate of drug-likeness (QED) is 0.522. The van der Waals surface area contributed by atoms with Gasteiger partial charge in [-0.1, -0.05) is 32.4 Å². The second-order valence-corrected chi connectivity index (χ2v) is 8.79. The van der Waals surface area contributed by atoms with Crippen LogP contribution in [0.5, 0.6) is 0 Å². The molecule has 0 aliphatic carbocycles. The van der Waals surface area contributed by atoms with Crippen LogP contribution in [0.15, 0.2) is 36.1 Å². The summed E-state index contributed by atoms with van der Waals surface area (Å²) in [6.45, 7) is 9.15. The minimum Gasteiger partial charge on any atom is -0.378 e. The SMILES string of the molecule is CC/C=C/C(=C(\CCCC)c1c[nH]c2nc(N3CCN(C4COC4)CC3)ccc12)C(F)(F)F. The van der Waals surface area contributed by atoms with Gasteiger partial charge in [0.25, 0.3) is 0 Å². The van der Waals surface area contributed by atoms with Crippen molar-refractivity contribution in [3.8, 4) is 0 Å². The Bertz CT molecular complexity index is 999. The summed E-state index contributed by atoms with van der Waals surface area (Å²) in [5, 5.41) is 0.738. The van der Waals surface area contributed by atoms with Crippen molar-refractivity contribution >= 4 is 22.4 Å². The monoisotopic (exact) mass is 462 g/mol. The fourth-order valence-corrected chi connectivity index (χ4v) is 4.54. The van der Waals surface area contributed by atoms with E-state index in [1.807, 2.05) is 26.0 Å². The van der Waals surface area contributed by atoms with Crippen LogP contribution in [-0.4, -0.2) is 66.5 Å². The van der Waals surface area contributed by atoms with E-state index in [2.05, 4.69) is 14.8 Å². The van der Waals surface area contributed by atoms with Crippen LogP contribution < -0.4 is 4.90 Å². The molecular weight excluding hydrogens is 429 g/mol. The summed E-state index contributed by atoms with van der Waals surface area (Å²) >= 11 is 0. The maximum Gasteiger partial charge on any atom is 0.416 e. The Labute approximate surface area is 193 Å². The highest BCUT2D eigenvalue weighted by Crippen LogP contribution is 2.39. The number of rotatable bonds is 8. The lowest BCUT2D eigenvalue weighted by molar-refractivity contribution is -0.0877. The van der Waals surface area contributed by atoms with Crippen LogP contribution in [0.1, 0.15) is 45.1 Å². The highest BCUT2D eigenvalue weighted by Gasteiger charge is 2.35. The van der Waals surface area contributed by atoms with Crippen LogP contribution in [0.3, 0.4) is 0 Å². The number of hydrogen-bond donors (Lipinski definition) is 1. The third-order valence-electron chi connectivity index (χ3n) is 6.56. The van der Waals surface area contributed by atoms with E-state index < -0.39 is 11.7 Å². The first-order valence-corrected chi connectivity index (χ1v) is 11.9. The molecular formula is C25H33F3N4O. The van der Waals surface area contributed by atoms with Gasteiger partial charge in [-0.25, -0.2) is 4.98 Å². The molecule has 2 saturated heterocycles. The van der Waals surface area contributed by atoms with E-state index in [4.69, 9.17) is 9.72 Å². The summed E-state index contributed by atoms with van der Waals surface area (Å²) in [5.74, 6) is 0.862. The molecule has 4 heterocycles. The number of hydrogen-bond acceptors (Lipinski definition) is 4. The highest BCUT2D eigenvalue weighted by atomic mass is 19.4. The summed E-state index contributed by atoms with van der Waals surface area (Å²) in [6.07, 6.45) is 2.55. The second-order valence-electron chi connectivity index (χ2n) is 8.79. The molecule has 0 spiro atoms. The third kappa shape index (κ3) is 5.27. The number of allylic oxidation sites excluding steroid dienone is 4. The van der Waals surface area contributed by atoms with Crippen molar-refractivity contribution in [1.82, 2.24) is 14.9 Å². The van der Waals surface area contributed by atoms with E-state index in [1.54, 1.807) is 12.3 Å². The maximum atomic E-state index is 14.0. The first-order chi connectivity index (χ1) is 15.9. The zero-order chi connectivity index (χ0) is 23.4. The molecule has 33 heavy (non-hydrogen) atoms. The number of nitrogens with zero attached hydrogens (tertiary/aromatic N) is 3. The van der Waals surface area contributed by atoms with Gasteiger partial charge in [-0.3, -0.25) is 4.90 Å². The van der Waals surface area contributed by atoms with E-state index >= 15 is 0 Å². The van der Waals surface area contributed by atoms with Crippen LogP contribution in [0, 0.1) is 0 Å². The topological polar surface area (TPSA) is 44.4 Å². The molecule has 4 rings (SSSR count). The van der Waals surface area contributed by atoms with Crippen LogP contribution in [0.4, 0.5) is 19.0 Å². The summed E-state index contributed by atoms with van der Waals surface area (Å²) < 4.78 is 47.3. The van der Waals surface area contributed by atoms with Crippen LogP contribution >= 0.6 is 0 Å². The molecule has 1 N–H and O–H groups in total. The fraction of sp³-hybridized carbons (Fsp3) is 0.560. The number of ether oxygens (including phenoxy) is 1. The minimum absolute atomic E-state index is 0.339. The number of aromatic nitrogens is 2. The maximum absolute atomic E-state index is 14.0. The molecule has 2 aromatic rings. The molecule has 180 valence electrons. The average molecular weight is 463 g/mol. The Hall–Kier alpha value is -2.32. The van der Waals surface area contributed by atoms with Crippen LogP contribution in [0.25, 0.3) is 16.6 Å². The van der Waals surface area contributed by atoms with E-state index in [9.17, 15) is 13.2 Å². The molecule has 0 radical (unpaired) electrons. The van der Waals surface area contributed by atoms with Gasteiger partial charge in [0.2, 0.25) is 0 Å². The molecule has 0 unspecified atom stereocenters. The molecule has 8 heteroatoms. The normalized spacial score (nSPS) is 19.4. The molecule has 2 aromatic heterocycles. The van der Waals surface area contributed by atoms with Gasteiger partial charge in [0.05, 0.1) is 24.8 Å². The van der Waals surface area contributed by atoms with E-state index in [-0.39, 0.29) is 0 Å². The number of fused-ring (bicyclic) bond motifs is 1. The number of pyridine rings is 1. The number of anilines is 1. The van der Waals surface area contributed by atoms with Crippen molar-refractivity contribution in [2.75, 3.05) is 44.3 Å². The summed E-state index contributed by atoms with van der Waals surface area (Å²) in [7, 11) is 0. The molecule has 2 aliphatic rings. The Balaban J connectivity index is 1.63. The van der Waals surface area contributed by atoms with E-state index in [0.717, 1.165) is 57.0 Å². The van der Waals surface area contributed by atoms with E-state index in [1.165, 1.54) is 6.08 Å². The minimum atomic E-state index is -4.41. The summed E-state index contributed by atoms with van der Waals surface area (Å²) in [6, 6.07) is 4.39. The Morgan fingerprint density at radius 3 is 2.55 bits per heavy atom. The molecule has 0 amide bonds. The zero-order valence-electron chi connectivity index (χ0n) is 19.4. The third-order valence-corrected chi connectivity index (χ3v) is 6.56. The van der Waals surface area contributed by atoms with E-state index in [0.29, 0.717) is 42.1 Å². The lowest BCUT2D eigenvalue weighted by Crippen LogP contribution is -2.56. The van der Waals surface area contributed by atoms with Gasteiger partial charge < -0.3 is 14.6 Å². The van der Waals surface area contributed by atoms with Crippen molar-refractivity contribution in [2.45, 2.75) is 51.7 Å². The zero-order valence-corrected chi connectivity index (χ0v) is 19.4. The van der Waals surface area contributed by atoms with Gasteiger partial charge >= 0.3 is 6.18 Å². The molecule has 2 fully saturated rings. The largest absolute Gasteiger partial charge is 0.416 e.